The molecule has 1 atom stereocenters. The minimum Gasteiger partial charge on any atom is -0.448 e. The molecule has 1 unspecified atom stereocenters. The van der Waals surface area contributed by atoms with Crippen LogP contribution in [0.3, 0.4) is 0 Å². The van der Waals surface area contributed by atoms with Gasteiger partial charge in [-0.2, -0.15) is 0 Å². The Hall–Kier alpha value is -2.82. The number of amides is 1. The van der Waals surface area contributed by atoms with E-state index < -0.39 is 0 Å². The summed E-state index contributed by atoms with van der Waals surface area (Å²) >= 11 is 0. The van der Waals surface area contributed by atoms with E-state index in [0.29, 0.717) is 6.61 Å². The van der Waals surface area contributed by atoms with Crippen LogP contribution in [0.2, 0.25) is 0 Å². The van der Waals surface area contributed by atoms with Crippen molar-refractivity contribution >= 4 is 11.9 Å². The number of ether oxygens (including phenoxy) is 1. The SMILES string of the molecule is O=C(OCC1c2ccccc2-c2ccccc21)N1CCCC1C1=NCCN1. The molecular formula is C22H23N3O2. The molecule has 2 aromatic carbocycles. The van der Waals surface area contributed by atoms with E-state index in [9.17, 15) is 4.79 Å². The van der Waals surface area contributed by atoms with Gasteiger partial charge in [-0.3, -0.25) is 9.89 Å². The third-order valence-electron chi connectivity index (χ3n) is 5.84. The predicted molar refractivity (Wildman–Crippen MR) is 105 cm³/mol. The number of fused-ring (bicyclic) bond motifs is 3. The number of nitrogens with one attached hydrogen (secondary N) is 1. The van der Waals surface area contributed by atoms with Gasteiger partial charge < -0.3 is 10.1 Å². The third kappa shape index (κ3) is 2.78. The monoisotopic (exact) mass is 361 g/mol. The molecule has 2 aliphatic heterocycles. The van der Waals surface area contributed by atoms with E-state index in [4.69, 9.17) is 4.74 Å². The zero-order valence-corrected chi connectivity index (χ0v) is 15.2. The lowest BCUT2D eigenvalue weighted by Gasteiger charge is -2.25. The van der Waals surface area contributed by atoms with Crippen molar-refractivity contribution in [3.05, 3.63) is 59.7 Å². The molecule has 1 N–H and O–H groups in total. The fraction of sp³-hybridized carbons (Fsp3) is 0.364. The molecular weight excluding hydrogens is 338 g/mol. The summed E-state index contributed by atoms with van der Waals surface area (Å²) < 4.78 is 5.82. The summed E-state index contributed by atoms with van der Waals surface area (Å²) in [7, 11) is 0. The fourth-order valence-electron chi connectivity index (χ4n) is 4.59. The zero-order chi connectivity index (χ0) is 18.2. The van der Waals surface area contributed by atoms with E-state index in [0.717, 1.165) is 38.3 Å². The number of hydrogen-bond acceptors (Lipinski definition) is 4. The Morgan fingerprint density at radius 2 is 1.81 bits per heavy atom. The van der Waals surface area contributed by atoms with Gasteiger partial charge in [-0.15, -0.1) is 0 Å². The van der Waals surface area contributed by atoms with Gasteiger partial charge in [-0.1, -0.05) is 48.5 Å². The van der Waals surface area contributed by atoms with Crippen LogP contribution in [0.15, 0.2) is 53.5 Å². The van der Waals surface area contributed by atoms with Crippen molar-refractivity contribution in [1.29, 1.82) is 0 Å². The first-order valence-electron chi connectivity index (χ1n) is 9.73. The van der Waals surface area contributed by atoms with Crippen molar-refractivity contribution in [1.82, 2.24) is 10.2 Å². The molecule has 3 aliphatic rings. The highest BCUT2D eigenvalue weighted by Gasteiger charge is 2.36. The largest absolute Gasteiger partial charge is 0.448 e. The van der Waals surface area contributed by atoms with Gasteiger partial charge in [0.25, 0.3) is 0 Å². The summed E-state index contributed by atoms with van der Waals surface area (Å²) in [6, 6.07) is 16.9. The van der Waals surface area contributed by atoms with E-state index in [1.807, 2.05) is 4.90 Å². The number of rotatable bonds is 3. The van der Waals surface area contributed by atoms with Crippen LogP contribution in [-0.4, -0.2) is 49.1 Å². The molecule has 5 rings (SSSR count). The third-order valence-corrected chi connectivity index (χ3v) is 5.84. The summed E-state index contributed by atoms with van der Waals surface area (Å²) in [5.74, 6) is 1.05. The Kier molecular flexibility index (Phi) is 4.07. The molecule has 1 saturated heterocycles. The lowest BCUT2D eigenvalue weighted by atomic mass is 9.98. The van der Waals surface area contributed by atoms with Crippen molar-refractivity contribution in [3.63, 3.8) is 0 Å². The number of amidine groups is 1. The van der Waals surface area contributed by atoms with Crippen LogP contribution in [0.1, 0.15) is 29.9 Å². The maximum absolute atomic E-state index is 12.8. The average Bonchev–Trinajstić information content (AvgIpc) is 3.44. The molecule has 138 valence electrons. The lowest BCUT2D eigenvalue weighted by Crippen LogP contribution is -2.45. The number of carbonyl (C=O) groups excluding carboxylic acids is 1. The maximum atomic E-state index is 12.8. The topological polar surface area (TPSA) is 53.9 Å². The zero-order valence-electron chi connectivity index (χ0n) is 15.2. The molecule has 0 bridgehead atoms. The van der Waals surface area contributed by atoms with Crippen LogP contribution < -0.4 is 5.32 Å². The van der Waals surface area contributed by atoms with Crippen molar-refractivity contribution < 1.29 is 9.53 Å². The van der Waals surface area contributed by atoms with E-state index in [1.165, 1.54) is 22.3 Å². The number of aliphatic imine (C=N–C) groups is 1. The minimum atomic E-state index is -0.226. The van der Waals surface area contributed by atoms with Crippen molar-refractivity contribution in [3.8, 4) is 11.1 Å². The Labute approximate surface area is 159 Å². The summed E-state index contributed by atoms with van der Waals surface area (Å²) in [6.07, 6.45) is 1.72. The van der Waals surface area contributed by atoms with Gasteiger partial charge in [0.1, 0.15) is 12.4 Å². The molecule has 0 aromatic heterocycles. The highest BCUT2D eigenvalue weighted by molar-refractivity contribution is 5.91. The number of hydrogen-bond donors (Lipinski definition) is 1. The Balaban J connectivity index is 1.33. The van der Waals surface area contributed by atoms with Crippen LogP contribution in [0.5, 0.6) is 0 Å². The summed E-state index contributed by atoms with van der Waals surface area (Å²) in [4.78, 5) is 19.2. The van der Waals surface area contributed by atoms with Crippen LogP contribution in [0, 0.1) is 0 Å². The Morgan fingerprint density at radius 3 is 2.48 bits per heavy atom. The Bertz CT molecular complexity index is 862. The predicted octanol–water partition coefficient (Wildman–Crippen LogP) is 3.40. The maximum Gasteiger partial charge on any atom is 0.410 e. The molecule has 27 heavy (non-hydrogen) atoms. The second-order valence-corrected chi connectivity index (χ2v) is 7.35. The lowest BCUT2D eigenvalue weighted by molar-refractivity contribution is 0.103. The molecule has 0 radical (unpaired) electrons. The highest BCUT2D eigenvalue weighted by Crippen LogP contribution is 2.44. The van der Waals surface area contributed by atoms with Crippen molar-refractivity contribution in [2.24, 2.45) is 4.99 Å². The number of nitrogens with zero attached hydrogens (tertiary/aromatic N) is 2. The normalized spacial score (nSPS) is 20.8. The first-order chi connectivity index (χ1) is 13.3. The van der Waals surface area contributed by atoms with Crippen LogP contribution in [-0.2, 0) is 4.74 Å². The van der Waals surface area contributed by atoms with E-state index >= 15 is 0 Å². The molecule has 1 amide bonds. The fourth-order valence-corrected chi connectivity index (χ4v) is 4.59. The van der Waals surface area contributed by atoms with Gasteiger partial charge in [0.2, 0.25) is 0 Å². The molecule has 0 saturated carbocycles. The molecule has 2 aromatic rings. The van der Waals surface area contributed by atoms with Gasteiger partial charge in [-0.25, -0.2) is 4.79 Å². The number of benzene rings is 2. The van der Waals surface area contributed by atoms with E-state index in [2.05, 4.69) is 58.8 Å². The molecule has 2 heterocycles. The van der Waals surface area contributed by atoms with Crippen molar-refractivity contribution in [2.45, 2.75) is 24.8 Å². The standard InChI is InChI=1S/C22H23N3O2/c26-22(25-13-5-10-20(25)21-23-11-12-24-21)27-14-19-17-8-3-1-6-15(17)16-7-2-4-9-18(16)19/h1-4,6-9,19-20H,5,10-14H2,(H,23,24). The second kappa shape index (κ2) is 6.72. The second-order valence-electron chi connectivity index (χ2n) is 7.35. The average molecular weight is 361 g/mol. The molecule has 1 fully saturated rings. The molecule has 0 spiro atoms. The van der Waals surface area contributed by atoms with Crippen LogP contribution >= 0.6 is 0 Å². The van der Waals surface area contributed by atoms with Gasteiger partial charge in [-0.05, 0) is 35.1 Å². The molecule has 5 nitrogen and oxygen atoms in total. The van der Waals surface area contributed by atoms with Gasteiger partial charge in [0.15, 0.2) is 0 Å². The van der Waals surface area contributed by atoms with Gasteiger partial charge in [0, 0.05) is 19.0 Å². The first-order valence-corrected chi connectivity index (χ1v) is 9.73. The molecule has 5 heteroatoms. The van der Waals surface area contributed by atoms with Crippen LogP contribution in [0.4, 0.5) is 4.79 Å². The number of carbonyl (C=O) groups is 1. The quantitative estimate of drug-likeness (QED) is 0.912. The van der Waals surface area contributed by atoms with E-state index in [-0.39, 0.29) is 18.1 Å². The van der Waals surface area contributed by atoms with Gasteiger partial charge >= 0.3 is 6.09 Å². The summed E-state index contributed by atoms with van der Waals surface area (Å²) in [6.45, 7) is 2.77. The Morgan fingerprint density at radius 1 is 1.11 bits per heavy atom. The van der Waals surface area contributed by atoms with E-state index in [1.54, 1.807) is 0 Å². The minimum absolute atomic E-state index is 0.0446. The first kappa shape index (κ1) is 16.4. The van der Waals surface area contributed by atoms with Crippen molar-refractivity contribution in [2.75, 3.05) is 26.2 Å². The summed E-state index contributed by atoms with van der Waals surface area (Å²) in [5, 5.41) is 3.31. The smallest absolute Gasteiger partial charge is 0.410 e. The number of likely N-dealkylation sites (tertiary alicyclic amines) is 1. The van der Waals surface area contributed by atoms with Crippen LogP contribution in [0.25, 0.3) is 11.1 Å². The molecule has 1 aliphatic carbocycles. The highest BCUT2D eigenvalue weighted by atomic mass is 16.6. The van der Waals surface area contributed by atoms with Gasteiger partial charge in [0.05, 0.1) is 12.6 Å². The summed E-state index contributed by atoms with van der Waals surface area (Å²) in [5.41, 5.74) is 4.98.